The fourth-order valence-corrected chi connectivity index (χ4v) is 2.95. The van der Waals surface area contributed by atoms with Gasteiger partial charge in [0.25, 0.3) is 0 Å². The summed E-state index contributed by atoms with van der Waals surface area (Å²) < 4.78 is 0. The second-order valence-corrected chi connectivity index (χ2v) is 5.33. The van der Waals surface area contributed by atoms with Gasteiger partial charge in [-0.05, 0) is 38.1 Å². The van der Waals surface area contributed by atoms with Crippen molar-refractivity contribution in [1.82, 2.24) is 10.3 Å². The Balaban J connectivity index is 2.42. The number of hydrogen-bond donors (Lipinski definition) is 1. The van der Waals surface area contributed by atoms with Crippen LogP contribution in [0.2, 0.25) is 5.02 Å². The number of thiazole rings is 1. The molecular weight excluding hydrogens is 252 g/mol. The van der Waals surface area contributed by atoms with Crippen LogP contribution in [0.5, 0.6) is 0 Å². The summed E-state index contributed by atoms with van der Waals surface area (Å²) in [4.78, 5) is 5.54. The number of aromatic nitrogens is 1. The molecule has 0 bridgehead atoms. The van der Waals surface area contributed by atoms with Crippen molar-refractivity contribution >= 4 is 22.9 Å². The number of aryl methyl sites for hydroxylation is 2. The molecule has 1 heterocycles. The fraction of sp³-hybridized carbons (Fsp3) is 0.308. The van der Waals surface area contributed by atoms with Gasteiger partial charge in [-0.3, -0.25) is 0 Å². The molecule has 0 spiro atoms. The SMILES string of the molecule is CNC(c1ccc(C)c(Cl)c1)c1scnc1C. The first kappa shape index (κ1) is 12.6. The number of halogens is 1. The van der Waals surface area contributed by atoms with Gasteiger partial charge in [0.05, 0.1) is 17.2 Å². The Bertz CT molecular complexity index is 522. The van der Waals surface area contributed by atoms with Crippen molar-refractivity contribution in [2.24, 2.45) is 0 Å². The molecule has 90 valence electrons. The van der Waals surface area contributed by atoms with Crippen molar-refractivity contribution in [2.45, 2.75) is 19.9 Å². The first-order chi connectivity index (χ1) is 8.13. The first-order valence-electron chi connectivity index (χ1n) is 5.46. The van der Waals surface area contributed by atoms with E-state index in [0.717, 1.165) is 16.3 Å². The molecule has 0 aliphatic heterocycles. The lowest BCUT2D eigenvalue weighted by molar-refractivity contribution is 0.697. The quantitative estimate of drug-likeness (QED) is 0.916. The zero-order chi connectivity index (χ0) is 12.4. The predicted molar refractivity (Wildman–Crippen MR) is 73.9 cm³/mol. The van der Waals surface area contributed by atoms with Crippen molar-refractivity contribution in [2.75, 3.05) is 7.05 Å². The first-order valence-corrected chi connectivity index (χ1v) is 6.72. The average Bonchev–Trinajstić information content (AvgIpc) is 2.71. The molecule has 0 saturated carbocycles. The standard InChI is InChI=1S/C13H15ClN2S/c1-8-4-5-10(6-11(8)14)12(15-3)13-9(2)16-7-17-13/h4-7,12,15H,1-3H3. The third-order valence-corrected chi connectivity index (χ3v) is 4.27. The Morgan fingerprint density at radius 3 is 2.65 bits per heavy atom. The minimum absolute atomic E-state index is 0.167. The van der Waals surface area contributed by atoms with Gasteiger partial charge in [0, 0.05) is 9.90 Å². The molecule has 17 heavy (non-hydrogen) atoms. The van der Waals surface area contributed by atoms with E-state index in [1.54, 1.807) is 11.3 Å². The van der Waals surface area contributed by atoms with E-state index in [4.69, 9.17) is 11.6 Å². The predicted octanol–water partition coefficient (Wildman–Crippen LogP) is 3.72. The van der Waals surface area contributed by atoms with Crippen LogP contribution >= 0.6 is 22.9 Å². The summed E-state index contributed by atoms with van der Waals surface area (Å²) in [5, 5.41) is 4.13. The Labute approximate surface area is 111 Å². The molecule has 2 aromatic rings. The van der Waals surface area contributed by atoms with Gasteiger partial charge in [-0.15, -0.1) is 11.3 Å². The summed E-state index contributed by atoms with van der Waals surface area (Å²) in [7, 11) is 1.96. The van der Waals surface area contributed by atoms with Gasteiger partial charge in [-0.25, -0.2) is 4.98 Å². The molecule has 1 unspecified atom stereocenters. The lowest BCUT2D eigenvalue weighted by Crippen LogP contribution is -2.17. The third kappa shape index (κ3) is 2.51. The van der Waals surface area contributed by atoms with Crippen LogP contribution in [-0.2, 0) is 0 Å². The van der Waals surface area contributed by atoms with Crippen molar-refractivity contribution in [3.05, 3.63) is 50.4 Å². The highest BCUT2D eigenvalue weighted by atomic mass is 35.5. The zero-order valence-corrected chi connectivity index (χ0v) is 11.7. The van der Waals surface area contributed by atoms with Crippen LogP contribution in [0.25, 0.3) is 0 Å². The number of nitrogens with zero attached hydrogens (tertiary/aromatic N) is 1. The van der Waals surface area contributed by atoms with Crippen LogP contribution in [0.4, 0.5) is 0 Å². The molecular formula is C13H15ClN2S. The summed E-state index contributed by atoms with van der Waals surface area (Å²) >= 11 is 7.85. The highest BCUT2D eigenvalue weighted by Crippen LogP contribution is 2.29. The minimum Gasteiger partial charge on any atom is -0.309 e. The van der Waals surface area contributed by atoms with Crippen LogP contribution in [0.1, 0.15) is 27.7 Å². The molecule has 1 aromatic carbocycles. The topological polar surface area (TPSA) is 24.9 Å². The largest absolute Gasteiger partial charge is 0.309 e. The number of hydrogen-bond acceptors (Lipinski definition) is 3. The van der Waals surface area contributed by atoms with Crippen LogP contribution in [0, 0.1) is 13.8 Å². The minimum atomic E-state index is 0.167. The highest BCUT2D eigenvalue weighted by molar-refractivity contribution is 7.09. The Morgan fingerprint density at radius 2 is 2.12 bits per heavy atom. The summed E-state index contributed by atoms with van der Waals surface area (Å²) in [6, 6.07) is 6.36. The third-order valence-electron chi connectivity index (χ3n) is 2.86. The molecule has 2 rings (SSSR count). The van der Waals surface area contributed by atoms with Gasteiger partial charge >= 0.3 is 0 Å². The van der Waals surface area contributed by atoms with Crippen LogP contribution in [-0.4, -0.2) is 12.0 Å². The van der Waals surface area contributed by atoms with Gasteiger partial charge < -0.3 is 5.32 Å². The maximum absolute atomic E-state index is 6.18. The van der Waals surface area contributed by atoms with E-state index in [9.17, 15) is 0 Å². The number of benzene rings is 1. The molecule has 1 atom stereocenters. The van der Waals surface area contributed by atoms with E-state index < -0.39 is 0 Å². The summed E-state index contributed by atoms with van der Waals surface area (Å²) in [6.45, 7) is 4.05. The molecule has 0 radical (unpaired) electrons. The lowest BCUT2D eigenvalue weighted by atomic mass is 10.0. The summed E-state index contributed by atoms with van der Waals surface area (Å²) in [6.07, 6.45) is 0. The van der Waals surface area contributed by atoms with Gasteiger partial charge in [0.1, 0.15) is 0 Å². The Kier molecular flexibility index (Phi) is 3.82. The molecule has 2 nitrogen and oxygen atoms in total. The maximum Gasteiger partial charge on any atom is 0.0798 e. The smallest absolute Gasteiger partial charge is 0.0798 e. The molecule has 0 saturated heterocycles. The van der Waals surface area contributed by atoms with Crippen LogP contribution < -0.4 is 5.32 Å². The summed E-state index contributed by atoms with van der Waals surface area (Å²) in [5.74, 6) is 0. The fourth-order valence-electron chi connectivity index (χ4n) is 1.83. The van der Waals surface area contributed by atoms with Crippen molar-refractivity contribution in [3.63, 3.8) is 0 Å². The second kappa shape index (κ2) is 5.17. The zero-order valence-electron chi connectivity index (χ0n) is 10.1. The lowest BCUT2D eigenvalue weighted by Gasteiger charge is -2.16. The molecule has 1 N–H and O–H groups in total. The van der Waals surface area contributed by atoms with E-state index in [0.29, 0.717) is 0 Å². The molecule has 0 aliphatic rings. The Hall–Kier alpha value is -0.900. The van der Waals surface area contributed by atoms with Crippen molar-refractivity contribution in [1.29, 1.82) is 0 Å². The van der Waals surface area contributed by atoms with Crippen LogP contribution in [0.15, 0.2) is 23.7 Å². The molecule has 0 aliphatic carbocycles. The molecule has 1 aromatic heterocycles. The van der Waals surface area contributed by atoms with E-state index in [1.165, 1.54) is 10.4 Å². The summed E-state index contributed by atoms with van der Waals surface area (Å²) in [5.41, 5.74) is 5.23. The Morgan fingerprint density at radius 1 is 1.35 bits per heavy atom. The van der Waals surface area contributed by atoms with Gasteiger partial charge in [0.2, 0.25) is 0 Å². The van der Waals surface area contributed by atoms with E-state index >= 15 is 0 Å². The van der Waals surface area contributed by atoms with Gasteiger partial charge in [-0.1, -0.05) is 23.7 Å². The monoisotopic (exact) mass is 266 g/mol. The number of rotatable bonds is 3. The van der Waals surface area contributed by atoms with E-state index in [2.05, 4.69) is 22.4 Å². The number of nitrogens with one attached hydrogen (secondary N) is 1. The van der Waals surface area contributed by atoms with Crippen molar-refractivity contribution < 1.29 is 0 Å². The van der Waals surface area contributed by atoms with Crippen LogP contribution in [0.3, 0.4) is 0 Å². The van der Waals surface area contributed by atoms with Crippen molar-refractivity contribution in [3.8, 4) is 0 Å². The highest BCUT2D eigenvalue weighted by Gasteiger charge is 2.16. The average molecular weight is 267 g/mol. The second-order valence-electron chi connectivity index (χ2n) is 4.03. The molecule has 4 heteroatoms. The maximum atomic E-state index is 6.18. The van der Waals surface area contributed by atoms with Gasteiger partial charge in [-0.2, -0.15) is 0 Å². The van der Waals surface area contributed by atoms with E-state index in [-0.39, 0.29) is 6.04 Å². The molecule has 0 fully saturated rings. The van der Waals surface area contributed by atoms with Gasteiger partial charge in [0.15, 0.2) is 0 Å². The normalized spacial score (nSPS) is 12.7. The molecule has 0 amide bonds. The van der Waals surface area contributed by atoms with E-state index in [1.807, 2.05) is 32.5 Å².